The Labute approximate surface area is 145 Å². The van der Waals surface area contributed by atoms with E-state index in [0.29, 0.717) is 15.2 Å². The smallest absolute Gasteiger partial charge is 0.340 e. The summed E-state index contributed by atoms with van der Waals surface area (Å²) in [4.78, 5) is 23.6. The molecule has 0 aliphatic rings. The van der Waals surface area contributed by atoms with Crippen molar-refractivity contribution in [1.82, 2.24) is 0 Å². The predicted molar refractivity (Wildman–Crippen MR) is 89.5 cm³/mol. The van der Waals surface area contributed by atoms with Crippen molar-refractivity contribution in [2.45, 2.75) is 0 Å². The van der Waals surface area contributed by atoms with Crippen LogP contribution in [0.3, 0.4) is 0 Å². The van der Waals surface area contributed by atoms with Gasteiger partial charge < -0.3 is 10.1 Å². The van der Waals surface area contributed by atoms with Crippen molar-refractivity contribution in [2.24, 2.45) is 0 Å². The number of ether oxygens (including phenoxy) is 1. The average molecular weight is 403 g/mol. The molecule has 0 spiro atoms. The molecule has 1 N–H and O–H groups in total. The van der Waals surface area contributed by atoms with E-state index in [2.05, 4.69) is 21.2 Å². The van der Waals surface area contributed by atoms with Crippen LogP contribution in [0.2, 0.25) is 10.0 Å². The Bertz CT molecular complexity index is 722. The minimum atomic E-state index is -0.674. The largest absolute Gasteiger partial charge is 0.452 e. The van der Waals surface area contributed by atoms with E-state index in [1.165, 1.54) is 6.07 Å². The van der Waals surface area contributed by atoms with Gasteiger partial charge in [-0.25, -0.2) is 4.79 Å². The van der Waals surface area contributed by atoms with E-state index >= 15 is 0 Å². The third kappa shape index (κ3) is 4.73. The van der Waals surface area contributed by atoms with Gasteiger partial charge >= 0.3 is 5.97 Å². The highest BCUT2D eigenvalue weighted by Gasteiger charge is 2.14. The number of anilines is 1. The zero-order valence-electron chi connectivity index (χ0n) is 11.1. The van der Waals surface area contributed by atoms with E-state index < -0.39 is 18.5 Å². The monoisotopic (exact) mass is 401 g/mol. The SMILES string of the molecule is O=C(COC(=O)c1cc(Br)ccc1Cl)Nc1cccc(Cl)c1. The first-order valence-corrected chi connectivity index (χ1v) is 7.68. The molecular weight excluding hydrogens is 393 g/mol. The highest BCUT2D eigenvalue weighted by Crippen LogP contribution is 2.21. The zero-order valence-corrected chi connectivity index (χ0v) is 14.2. The molecule has 4 nitrogen and oxygen atoms in total. The summed E-state index contributed by atoms with van der Waals surface area (Å²) >= 11 is 15.0. The molecule has 0 fully saturated rings. The summed E-state index contributed by atoms with van der Waals surface area (Å²) in [6, 6.07) is 11.4. The van der Waals surface area contributed by atoms with Gasteiger partial charge in [-0.15, -0.1) is 0 Å². The summed E-state index contributed by atoms with van der Waals surface area (Å²) in [5, 5.41) is 3.32. The second-order valence-electron chi connectivity index (χ2n) is 4.26. The maximum absolute atomic E-state index is 11.9. The molecule has 0 aliphatic heterocycles. The number of carbonyl (C=O) groups is 2. The van der Waals surface area contributed by atoms with E-state index in [-0.39, 0.29) is 10.6 Å². The van der Waals surface area contributed by atoms with Crippen LogP contribution in [0, 0.1) is 0 Å². The molecule has 0 heterocycles. The quantitative estimate of drug-likeness (QED) is 0.763. The molecule has 0 atom stereocenters. The third-order valence-corrected chi connectivity index (χ3v) is 3.65. The Morgan fingerprint density at radius 1 is 1.14 bits per heavy atom. The first-order chi connectivity index (χ1) is 10.5. The van der Waals surface area contributed by atoms with Crippen molar-refractivity contribution in [3.8, 4) is 0 Å². The first-order valence-electron chi connectivity index (χ1n) is 6.13. The van der Waals surface area contributed by atoms with Crippen molar-refractivity contribution < 1.29 is 14.3 Å². The van der Waals surface area contributed by atoms with Crippen LogP contribution in [-0.2, 0) is 9.53 Å². The topological polar surface area (TPSA) is 55.4 Å². The highest BCUT2D eigenvalue weighted by atomic mass is 79.9. The van der Waals surface area contributed by atoms with Crippen LogP contribution in [0.4, 0.5) is 5.69 Å². The first kappa shape index (κ1) is 16.8. The maximum Gasteiger partial charge on any atom is 0.340 e. The fourth-order valence-electron chi connectivity index (χ4n) is 1.63. The minimum Gasteiger partial charge on any atom is -0.452 e. The second kappa shape index (κ2) is 7.63. The molecule has 2 aromatic rings. The number of benzene rings is 2. The van der Waals surface area contributed by atoms with Gasteiger partial charge in [0, 0.05) is 15.2 Å². The predicted octanol–water partition coefficient (Wildman–Crippen LogP) is 4.55. The average Bonchev–Trinajstić information content (AvgIpc) is 2.47. The van der Waals surface area contributed by atoms with E-state index in [4.69, 9.17) is 27.9 Å². The summed E-state index contributed by atoms with van der Waals surface area (Å²) in [6.45, 7) is -0.422. The Kier molecular flexibility index (Phi) is 5.83. The van der Waals surface area contributed by atoms with Crippen LogP contribution in [-0.4, -0.2) is 18.5 Å². The fraction of sp³-hybridized carbons (Fsp3) is 0.0667. The van der Waals surface area contributed by atoms with Gasteiger partial charge in [-0.1, -0.05) is 45.2 Å². The van der Waals surface area contributed by atoms with Gasteiger partial charge in [-0.05, 0) is 36.4 Å². The summed E-state index contributed by atoms with van der Waals surface area (Å²) in [5.41, 5.74) is 0.709. The fourth-order valence-corrected chi connectivity index (χ4v) is 2.37. The van der Waals surface area contributed by atoms with Crippen LogP contribution in [0.1, 0.15) is 10.4 Å². The lowest BCUT2D eigenvalue weighted by Gasteiger charge is -2.08. The van der Waals surface area contributed by atoms with E-state index in [9.17, 15) is 9.59 Å². The Morgan fingerprint density at radius 2 is 1.91 bits per heavy atom. The van der Waals surface area contributed by atoms with Crippen LogP contribution in [0.15, 0.2) is 46.9 Å². The van der Waals surface area contributed by atoms with Crippen molar-refractivity contribution in [3.63, 3.8) is 0 Å². The molecule has 1 amide bonds. The van der Waals surface area contributed by atoms with Crippen molar-refractivity contribution >= 4 is 56.7 Å². The summed E-state index contributed by atoms with van der Waals surface area (Å²) in [5.74, 6) is -1.14. The van der Waals surface area contributed by atoms with Gasteiger partial charge in [0.05, 0.1) is 10.6 Å². The second-order valence-corrected chi connectivity index (χ2v) is 6.02. The summed E-state index contributed by atoms with van der Waals surface area (Å²) in [6.07, 6.45) is 0. The van der Waals surface area contributed by atoms with Crippen molar-refractivity contribution in [3.05, 3.63) is 62.5 Å². The molecule has 0 aromatic heterocycles. The van der Waals surface area contributed by atoms with E-state index in [1.807, 2.05) is 0 Å². The van der Waals surface area contributed by atoms with Gasteiger partial charge in [0.1, 0.15) is 0 Å². The van der Waals surface area contributed by atoms with Gasteiger partial charge in [-0.2, -0.15) is 0 Å². The lowest BCUT2D eigenvalue weighted by Crippen LogP contribution is -2.21. The molecule has 0 radical (unpaired) electrons. The van der Waals surface area contributed by atoms with Gasteiger partial charge in [0.25, 0.3) is 5.91 Å². The van der Waals surface area contributed by atoms with Crippen molar-refractivity contribution in [2.75, 3.05) is 11.9 Å². The summed E-state index contributed by atoms with van der Waals surface area (Å²) in [7, 11) is 0. The molecule has 0 saturated heterocycles. The van der Waals surface area contributed by atoms with Crippen LogP contribution in [0.5, 0.6) is 0 Å². The van der Waals surface area contributed by atoms with Crippen LogP contribution < -0.4 is 5.32 Å². The molecule has 114 valence electrons. The third-order valence-electron chi connectivity index (χ3n) is 2.59. The number of halogens is 3. The molecular formula is C15H10BrCl2NO3. The number of rotatable bonds is 4. The minimum absolute atomic E-state index is 0.187. The molecule has 7 heteroatoms. The van der Waals surface area contributed by atoms with Crippen molar-refractivity contribution in [1.29, 1.82) is 0 Å². The number of hydrogen-bond acceptors (Lipinski definition) is 3. The van der Waals surface area contributed by atoms with Gasteiger partial charge in [-0.3, -0.25) is 4.79 Å². The molecule has 2 aromatic carbocycles. The Balaban J connectivity index is 1.93. The van der Waals surface area contributed by atoms with Gasteiger partial charge in [0.2, 0.25) is 0 Å². The van der Waals surface area contributed by atoms with Gasteiger partial charge in [0.15, 0.2) is 6.61 Å². The number of esters is 1. The maximum atomic E-state index is 11.9. The molecule has 0 aliphatic carbocycles. The lowest BCUT2D eigenvalue weighted by atomic mass is 10.2. The van der Waals surface area contributed by atoms with Crippen LogP contribution in [0.25, 0.3) is 0 Å². The molecule has 0 saturated carbocycles. The van der Waals surface area contributed by atoms with E-state index in [1.54, 1.807) is 36.4 Å². The number of carbonyl (C=O) groups excluding carboxylic acids is 2. The molecule has 2 rings (SSSR count). The Morgan fingerprint density at radius 3 is 2.64 bits per heavy atom. The number of amides is 1. The normalized spacial score (nSPS) is 10.1. The Hall–Kier alpha value is -1.56. The number of hydrogen-bond donors (Lipinski definition) is 1. The van der Waals surface area contributed by atoms with E-state index in [0.717, 1.165) is 0 Å². The molecule has 0 bridgehead atoms. The summed E-state index contributed by atoms with van der Waals surface area (Å²) < 4.78 is 5.63. The molecule has 22 heavy (non-hydrogen) atoms. The van der Waals surface area contributed by atoms with Crippen LogP contribution >= 0.6 is 39.1 Å². The highest BCUT2D eigenvalue weighted by molar-refractivity contribution is 9.10. The molecule has 0 unspecified atom stereocenters. The lowest BCUT2D eigenvalue weighted by molar-refractivity contribution is -0.119. The number of nitrogens with one attached hydrogen (secondary N) is 1. The zero-order chi connectivity index (χ0) is 16.1. The standard InChI is InChI=1S/C15H10BrCl2NO3/c16-9-4-5-13(18)12(6-9)15(21)22-8-14(20)19-11-3-1-2-10(17)7-11/h1-7H,8H2,(H,19,20).